The van der Waals surface area contributed by atoms with E-state index in [1.54, 1.807) is 62.3 Å². The van der Waals surface area contributed by atoms with Crippen LogP contribution in [0.4, 0.5) is 9.59 Å². The summed E-state index contributed by atoms with van der Waals surface area (Å²) < 4.78 is 22.3. The Hall–Kier alpha value is -7.04. The first-order valence-electron chi connectivity index (χ1n) is 26.7. The molecule has 76 heavy (non-hydrogen) atoms. The van der Waals surface area contributed by atoms with Gasteiger partial charge in [-0.15, -0.1) is 0 Å². The second-order valence-electron chi connectivity index (χ2n) is 22.9. The van der Waals surface area contributed by atoms with Crippen LogP contribution < -0.4 is 26.6 Å². The fraction of sp³-hybridized carbons (Fsp3) is 0.525. The number of unbranched alkanes of at least 4 members (excludes halogenated alkanes) is 1. The zero-order valence-electron chi connectivity index (χ0n) is 45.7. The van der Waals surface area contributed by atoms with Gasteiger partial charge in [0.15, 0.2) is 0 Å². The van der Waals surface area contributed by atoms with Crippen molar-refractivity contribution < 1.29 is 52.5 Å². The molecule has 17 nitrogen and oxygen atoms in total. The second-order valence-corrected chi connectivity index (χ2v) is 22.9. The summed E-state index contributed by atoms with van der Waals surface area (Å²) >= 11 is 0. The van der Waals surface area contributed by atoms with Crippen molar-refractivity contribution in [3.05, 3.63) is 102 Å². The van der Waals surface area contributed by atoms with Crippen LogP contribution in [0.1, 0.15) is 143 Å². The molecule has 1 aromatic heterocycles. The Morgan fingerprint density at radius 1 is 0.605 bits per heavy atom. The Morgan fingerprint density at radius 3 is 1.78 bits per heavy atom. The number of fused-ring (bicyclic) bond motifs is 4. The average molecular weight is 1050 g/mol. The first-order valence-corrected chi connectivity index (χ1v) is 26.7. The monoisotopic (exact) mass is 1050 g/mol. The third-order valence-corrected chi connectivity index (χ3v) is 13.1. The Labute approximate surface area is 447 Å². The molecule has 1 saturated carbocycles. The molecule has 17 heteroatoms. The summed E-state index contributed by atoms with van der Waals surface area (Å²) in [7, 11) is 0. The topological polar surface area (TPSA) is 229 Å². The Morgan fingerprint density at radius 2 is 1.17 bits per heavy atom. The minimum atomic E-state index is -1.24. The smallest absolute Gasteiger partial charge is 0.407 e. The number of hydrogen-bond donors (Lipinski definition) is 5. The Balaban J connectivity index is 1.01. The van der Waals surface area contributed by atoms with E-state index in [0.717, 1.165) is 33.2 Å². The molecule has 6 rings (SSSR count). The van der Waals surface area contributed by atoms with E-state index in [9.17, 15) is 33.6 Å². The molecule has 0 aliphatic heterocycles. The predicted molar refractivity (Wildman–Crippen MR) is 289 cm³/mol. The number of benzene rings is 3. The van der Waals surface area contributed by atoms with Gasteiger partial charge in [-0.1, -0.05) is 72.8 Å². The van der Waals surface area contributed by atoms with Gasteiger partial charge in [0.2, 0.25) is 11.8 Å². The van der Waals surface area contributed by atoms with Gasteiger partial charge in [-0.3, -0.25) is 19.4 Å². The Kier molecular flexibility index (Phi) is 20.0. The highest BCUT2D eigenvalue weighted by Crippen LogP contribution is 2.44. The minimum absolute atomic E-state index is 0.0381. The molecule has 0 saturated heterocycles. The van der Waals surface area contributed by atoms with Crippen molar-refractivity contribution in [1.29, 1.82) is 0 Å². The third kappa shape index (κ3) is 18.1. The summed E-state index contributed by atoms with van der Waals surface area (Å²) in [6, 6.07) is 23.7. The lowest BCUT2D eigenvalue weighted by atomic mass is 9.81. The molecule has 3 atom stereocenters. The van der Waals surface area contributed by atoms with E-state index < -0.39 is 70.9 Å². The van der Waals surface area contributed by atoms with Gasteiger partial charge in [0.25, 0.3) is 0 Å². The minimum Gasteiger partial charge on any atom is -0.460 e. The predicted octanol–water partition coefficient (Wildman–Crippen LogP) is 8.74. The number of carbonyl (C=O) groups excluding carboxylic acids is 7. The number of rotatable bonds is 21. The lowest BCUT2D eigenvalue weighted by molar-refractivity contribution is -0.159. The molecule has 5 amide bonds. The van der Waals surface area contributed by atoms with Crippen LogP contribution in [0.3, 0.4) is 0 Å². The largest absolute Gasteiger partial charge is 0.460 e. The average Bonchev–Trinajstić information content (AvgIpc) is 3.67. The maximum atomic E-state index is 14.0. The standard InChI is InChI=1S/C59H78N6O11/c1-57(2,3)74-50(66)32-31-48(54(70)76-59(7,8)9)65-55(71)64-47(53(69)75-58(4,5)6)24-16-17-33-60-52(68)49(34-40-30-29-38-18-10-15-23-46(38)62-40)63-51(67)39-27-25-37(26-28-39)35-61-56(72)73-36-45-43-21-13-11-19-41(43)42-20-12-14-22-44(42)45/h10-15,18-23,29-30,37,39,45,47-49H,16-17,24-28,31-36H2,1-9H3,(H,60,68)(H,61,72)(H,63,67)(H2,64,65,71)/t37?,39?,47-,48-,49-/m0/s1. The summed E-state index contributed by atoms with van der Waals surface area (Å²) in [4.78, 5) is 98.3. The van der Waals surface area contributed by atoms with Gasteiger partial charge in [0.05, 0.1) is 5.52 Å². The lowest BCUT2D eigenvalue weighted by Crippen LogP contribution is -2.53. The number of pyridine rings is 1. The van der Waals surface area contributed by atoms with Crippen LogP contribution in [-0.2, 0) is 49.3 Å². The first kappa shape index (κ1) is 58.2. The fourth-order valence-electron chi connectivity index (χ4n) is 9.50. The van der Waals surface area contributed by atoms with E-state index in [0.29, 0.717) is 50.8 Å². The van der Waals surface area contributed by atoms with Crippen molar-refractivity contribution in [1.82, 2.24) is 31.6 Å². The molecule has 5 N–H and O–H groups in total. The summed E-state index contributed by atoms with van der Waals surface area (Å²) in [5.74, 6) is -2.84. The molecule has 2 aliphatic carbocycles. The summed E-state index contributed by atoms with van der Waals surface area (Å²) in [6.07, 6.45) is 2.86. The molecular weight excluding hydrogens is 969 g/mol. The van der Waals surface area contributed by atoms with Crippen LogP contribution in [0.2, 0.25) is 0 Å². The number of alkyl carbamates (subject to hydrolysis) is 1. The number of esters is 3. The maximum Gasteiger partial charge on any atom is 0.407 e. The van der Waals surface area contributed by atoms with Gasteiger partial charge in [0.1, 0.15) is 41.5 Å². The maximum absolute atomic E-state index is 14.0. The van der Waals surface area contributed by atoms with E-state index >= 15 is 0 Å². The van der Waals surface area contributed by atoms with Crippen molar-refractivity contribution in [2.75, 3.05) is 19.7 Å². The number of carbonyl (C=O) groups is 7. The van der Waals surface area contributed by atoms with E-state index in [-0.39, 0.29) is 62.5 Å². The van der Waals surface area contributed by atoms with Crippen LogP contribution in [0, 0.1) is 11.8 Å². The van der Waals surface area contributed by atoms with Gasteiger partial charge >= 0.3 is 30.0 Å². The van der Waals surface area contributed by atoms with Crippen molar-refractivity contribution in [2.24, 2.45) is 11.8 Å². The van der Waals surface area contributed by atoms with Gasteiger partial charge < -0.3 is 45.5 Å². The zero-order chi connectivity index (χ0) is 55.2. The van der Waals surface area contributed by atoms with Crippen molar-refractivity contribution in [3.63, 3.8) is 0 Å². The third-order valence-electron chi connectivity index (χ3n) is 13.1. The molecule has 1 heterocycles. The number of hydrogen-bond acceptors (Lipinski definition) is 12. The summed E-state index contributed by atoms with van der Waals surface area (Å²) in [5.41, 5.74) is 3.49. The second kappa shape index (κ2) is 26.1. The zero-order valence-corrected chi connectivity index (χ0v) is 45.7. The molecule has 2 aliphatic rings. The van der Waals surface area contributed by atoms with Gasteiger partial charge in [0, 0.05) is 48.8 Å². The van der Waals surface area contributed by atoms with Crippen LogP contribution in [0.15, 0.2) is 84.9 Å². The first-order chi connectivity index (χ1) is 35.9. The molecule has 1 fully saturated rings. The van der Waals surface area contributed by atoms with E-state index in [1.807, 2.05) is 60.7 Å². The van der Waals surface area contributed by atoms with Gasteiger partial charge in [-0.2, -0.15) is 0 Å². The van der Waals surface area contributed by atoms with Gasteiger partial charge in [-0.05, 0) is 154 Å². The molecule has 0 radical (unpaired) electrons. The number of nitrogens with one attached hydrogen (secondary N) is 5. The van der Waals surface area contributed by atoms with E-state index in [4.69, 9.17) is 23.9 Å². The lowest BCUT2D eigenvalue weighted by Gasteiger charge is -2.29. The highest BCUT2D eigenvalue weighted by atomic mass is 16.6. The molecule has 0 spiro atoms. The van der Waals surface area contributed by atoms with Crippen molar-refractivity contribution in [3.8, 4) is 11.1 Å². The van der Waals surface area contributed by atoms with Crippen LogP contribution in [-0.4, -0.2) is 101 Å². The number of amides is 5. The number of para-hydroxylation sites is 1. The van der Waals surface area contributed by atoms with Gasteiger partial charge in [-0.25, -0.2) is 19.2 Å². The highest BCUT2D eigenvalue weighted by molar-refractivity contribution is 5.89. The molecule has 3 aromatic carbocycles. The number of nitrogens with zero attached hydrogens (tertiary/aromatic N) is 1. The summed E-state index contributed by atoms with van der Waals surface area (Å²) in [5, 5.41) is 15.1. The fourth-order valence-corrected chi connectivity index (χ4v) is 9.50. The van der Waals surface area contributed by atoms with Crippen LogP contribution >= 0.6 is 0 Å². The number of ether oxygens (including phenoxy) is 4. The number of urea groups is 1. The van der Waals surface area contributed by atoms with Crippen LogP contribution in [0.25, 0.3) is 22.0 Å². The van der Waals surface area contributed by atoms with E-state index in [1.165, 1.54) is 0 Å². The SMILES string of the molecule is CC(C)(C)OC(=O)CC[C@H](NC(=O)N[C@@H](CCCCNC(=O)[C@H](Cc1ccc2ccccc2n1)NC(=O)C1CCC(CNC(=O)OCC2c3ccccc3-c3ccccc32)CC1)C(=O)OC(C)(C)C)C(=O)OC(C)(C)C. The molecular formula is C59H78N6O11. The molecule has 0 unspecified atom stereocenters. The highest BCUT2D eigenvalue weighted by Gasteiger charge is 2.34. The Bertz CT molecular complexity index is 2630. The summed E-state index contributed by atoms with van der Waals surface area (Å²) in [6.45, 7) is 16.2. The molecule has 4 aromatic rings. The normalized spacial score (nSPS) is 16.6. The van der Waals surface area contributed by atoms with E-state index in [2.05, 4.69) is 50.8 Å². The quantitative estimate of drug-likeness (QED) is 0.0300. The molecule has 0 bridgehead atoms. The van der Waals surface area contributed by atoms with Crippen molar-refractivity contribution >= 4 is 52.7 Å². The number of aromatic nitrogens is 1. The molecule has 410 valence electrons. The van der Waals surface area contributed by atoms with Crippen LogP contribution in [0.5, 0.6) is 0 Å². The van der Waals surface area contributed by atoms with Crippen molar-refractivity contribution in [2.45, 2.75) is 167 Å².